The number of benzene rings is 1. The van der Waals surface area contributed by atoms with Crippen molar-refractivity contribution >= 4 is 10.9 Å². The minimum Gasteiger partial charge on any atom is -0.326 e. The maximum Gasteiger partial charge on any atom is 0.0706 e. The fraction of sp³-hybridized carbons (Fsp3) is 0.400. The zero-order chi connectivity index (χ0) is 12.5. The Morgan fingerprint density at radius 2 is 2.11 bits per heavy atom. The molecule has 3 rings (SSSR count). The van der Waals surface area contributed by atoms with Crippen LogP contribution in [-0.4, -0.2) is 29.0 Å². The first kappa shape index (κ1) is 11.6. The summed E-state index contributed by atoms with van der Waals surface area (Å²) in [4.78, 5) is 7.20. The van der Waals surface area contributed by atoms with Crippen LogP contribution in [0.25, 0.3) is 10.9 Å². The van der Waals surface area contributed by atoms with Crippen molar-refractivity contribution in [1.82, 2.24) is 9.88 Å². The van der Waals surface area contributed by atoms with Gasteiger partial charge in [-0.3, -0.25) is 9.88 Å². The molecule has 0 bridgehead atoms. The molecule has 1 fully saturated rings. The number of nitrogens with zero attached hydrogens (tertiary/aromatic N) is 2. The SMILES string of the molecule is CCN1CCC(N)C1c1ccc2ccccc2n1. The van der Waals surface area contributed by atoms with Crippen LogP contribution in [0.5, 0.6) is 0 Å². The average molecular weight is 241 g/mol. The molecule has 0 amide bonds. The van der Waals surface area contributed by atoms with Gasteiger partial charge in [-0.25, -0.2) is 0 Å². The molecule has 0 saturated carbocycles. The van der Waals surface area contributed by atoms with Gasteiger partial charge in [-0.2, -0.15) is 0 Å². The van der Waals surface area contributed by atoms with Crippen molar-refractivity contribution in [3.05, 3.63) is 42.1 Å². The lowest BCUT2D eigenvalue weighted by molar-refractivity contribution is 0.257. The van der Waals surface area contributed by atoms with Gasteiger partial charge in [0.15, 0.2) is 0 Å². The molecule has 2 aromatic rings. The van der Waals surface area contributed by atoms with Crippen LogP contribution in [0.4, 0.5) is 0 Å². The second-order valence-electron chi connectivity index (χ2n) is 4.95. The van der Waals surface area contributed by atoms with Crippen molar-refractivity contribution < 1.29 is 0 Å². The summed E-state index contributed by atoms with van der Waals surface area (Å²) in [6.45, 7) is 4.30. The summed E-state index contributed by atoms with van der Waals surface area (Å²) >= 11 is 0. The van der Waals surface area contributed by atoms with E-state index in [1.54, 1.807) is 0 Å². The van der Waals surface area contributed by atoms with E-state index in [9.17, 15) is 0 Å². The molecule has 2 atom stereocenters. The Kier molecular flexibility index (Phi) is 3.02. The first-order valence-corrected chi connectivity index (χ1v) is 6.65. The largest absolute Gasteiger partial charge is 0.326 e. The van der Waals surface area contributed by atoms with Gasteiger partial charge in [0.2, 0.25) is 0 Å². The van der Waals surface area contributed by atoms with Crippen molar-refractivity contribution in [1.29, 1.82) is 0 Å². The molecule has 1 aromatic heterocycles. The number of hydrogen-bond acceptors (Lipinski definition) is 3. The standard InChI is InChI=1S/C15H19N3/c1-2-18-10-9-12(16)15(18)14-8-7-11-5-3-4-6-13(11)17-14/h3-8,12,15H,2,9-10,16H2,1H3. The number of fused-ring (bicyclic) bond motifs is 1. The topological polar surface area (TPSA) is 42.1 Å². The van der Waals surface area contributed by atoms with Gasteiger partial charge in [-0.1, -0.05) is 31.2 Å². The Bertz CT molecular complexity index is 552. The molecule has 1 saturated heterocycles. The molecule has 0 radical (unpaired) electrons. The van der Waals surface area contributed by atoms with E-state index >= 15 is 0 Å². The Balaban J connectivity index is 2.03. The molecular formula is C15H19N3. The molecular weight excluding hydrogens is 222 g/mol. The van der Waals surface area contributed by atoms with Crippen LogP contribution in [0.15, 0.2) is 36.4 Å². The Morgan fingerprint density at radius 1 is 1.28 bits per heavy atom. The monoisotopic (exact) mass is 241 g/mol. The second kappa shape index (κ2) is 4.67. The first-order valence-electron chi connectivity index (χ1n) is 6.65. The van der Waals surface area contributed by atoms with E-state index in [4.69, 9.17) is 10.7 Å². The molecule has 1 aliphatic heterocycles. The Hall–Kier alpha value is -1.45. The zero-order valence-electron chi connectivity index (χ0n) is 10.7. The van der Waals surface area contributed by atoms with Crippen molar-refractivity contribution in [3.8, 4) is 0 Å². The fourth-order valence-electron chi connectivity index (χ4n) is 2.89. The second-order valence-corrected chi connectivity index (χ2v) is 4.95. The summed E-state index contributed by atoms with van der Waals surface area (Å²) in [5.74, 6) is 0. The maximum atomic E-state index is 6.24. The minimum absolute atomic E-state index is 0.207. The lowest BCUT2D eigenvalue weighted by Crippen LogP contribution is -2.32. The minimum atomic E-state index is 0.207. The fourth-order valence-corrected chi connectivity index (χ4v) is 2.89. The molecule has 2 N–H and O–H groups in total. The summed E-state index contributed by atoms with van der Waals surface area (Å²) in [7, 11) is 0. The Labute approximate surface area is 108 Å². The zero-order valence-corrected chi connectivity index (χ0v) is 10.7. The van der Waals surface area contributed by atoms with Gasteiger partial charge >= 0.3 is 0 Å². The number of aromatic nitrogens is 1. The average Bonchev–Trinajstić information content (AvgIpc) is 2.79. The molecule has 1 aromatic carbocycles. The molecule has 94 valence electrons. The van der Waals surface area contributed by atoms with E-state index < -0.39 is 0 Å². The lowest BCUT2D eigenvalue weighted by atomic mass is 10.0. The van der Waals surface area contributed by atoms with E-state index in [0.717, 1.165) is 30.7 Å². The van der Waals surface area contributed by atoms with E-state index in [1.165, 1.54) is 5.39 Å². The third-order valence-electron chi connectivity index (χ3n) is 3.88. The highest BCUT2D eigenvalue weighted by Gasteiger charge is 2.32. The van der Waals surface area contributed by atoms with Gasteiger partial charge in [-0.05, 0) is 25.1 Å². The number of likely N-dealkylation sites (tertiary alicyclic amines) is 1. The molecule has 2 unspecified atom stereocenters. The van der Waals surface area contributed by atoms with Crippen molar-refractivity contribution in [3.63, 3.8) is 0 Å². The highest BCUT2D eigenvalue weighted by Crippen LogP contribution is 2.30. The smallest absolute Gasteiger partial charge is 0.0706 e. The van der Waals surface area contributed by atoms with Crippen LogP contribution in [0.2, 0.25) is 0 Å². The molecule has 0 aliphatic carbocycles. The highest BCUT2D eigenvalue weighted by atomic mass is 15.2. The molecule has 0 spiro atoms. The van der Waals surface area contributed by atoms with Crippen LogP contribution in [0, 0.1) is 0 Å². The third-order valence-corrected chi connectivity index (χ3v) is 3.88. The first-order chi connectivity index (χ1) is 8.79. The molecule has 18 heavy (non-hydrogen) atoms. The highest BCUT2D eigenvalue weighted by molar-refractivity contribution is 5.78. The van der Waals surface area contributed by atoms with Crippen LogP contribution in [0.1, 0.15) is 25.1 Å². The van der Waals surface area contributed by atoms with Gasteiger partial charge in [-0.15, -0.1) is 0 Å². The summed E-state index contributed by atoms with van der Waals surface area (Å²) in [5, 5.41) is 1.19. The number of pyridine rings is 1. The number of likely N-dealkylation sites (N-methyl/N-ethyl adjacent to an activating group) is 1. The van der Waals surface area contributed by atoms with Gasteiger partial charge < -0.3 is 5.73 Å². The van der Waals surface area contributed by atoms with Crippen LogP contribution in [-0.2, 0) is 0 Å². The van der Waals surface area contributed by atoms with Crippen molar-refractivity contribution in [2.24, 2.45) is 5.73 Å². The summed E-state index contributed by atoms with van der Waals surface area (Å²) < 4.78 is 0. The van der Waals surface area contributed by atoms with Crippen LogP contribution >= 0.6 is 0 Å². The number of hydrogen-bond donors (Lipinski definition) is 1. The van der Waals surface area contributed by atoms with Gasteiger partial charge in [0, 0.05) is 18.0 Å². The summed E-state index contributed by atoms with van der Waals surface area (Å²) in [6.07, 6.45) is 1.06. The number of rotatable bonds is 2. The van der Waals surface area contributed by atoms with Crippen LogP contribution < -0.4 is 5.73 Å². The normalized spacial score (nSPS) is 24.8. The molecule has 3 nitrogen and oxygen atoms in total. The summed E-state index contributed by atoms with van der Waals surface area (Å²) in [6, 6.07) is 13.0. The van der Waals surface area contributed by atoms with Crippen molar-refractivity contribution in [2.45, 2.75) is 25.4 Å². The predicted molar refractivity (Wildman–Crippen MR) is 74.3 cm³/mol. The van der Waals surface area contributed by atoms with Crippen molar-refractivity contribution in [2.75, 3.05) is 13.1 Å². The van der Waals surface area contributed by atoms with E-state index in [0.29, 0.717) is 0 Å². The van der Waals surface area contributed by atoms with Gasteiger partial charge in [0.1, 0.15) is 0 Å². The van der Waals surface area contributed by atoms with E-state index in [2.05, 4.69) is 36.1 Å². The third kappa shape index (κ3) is 1.89. The predicted octanol–water partition coefficient (Wildman–Crippen LogP) is 2.33. The lowest BCUT2D eigenvalue weighted by Gasteiger charge is -2.25. The Morgan fingerprint density at radius 3 is 2.94 bits per heavy atom. The van der Waals surface area contributed by atoms with E-state index in [1.807, 2.05) is 12.1 Å². The van der Waals surface area contributed by atoms with Gasteiger partial charge in [0.25, 0.3) is 0 Å². The van der Waals surface area contributed by atoms with E-state index in [-0.39, 0.29) is 12.1 Å². The number of nitrogens with two attached hydrogens (primary N) is 1. The maximum absolute atomic E-state index is 6.24. The molecule has 3 heteroatoms. The molecule has 1 aliphatic rings. The molecule has 2 heterocycles. The van der Waals surface area contributed by atoms with Crippen LogP contribution in [0.3, 0.4) is 0 Å². The quantitative estimate of drug-likeness (QED) is 0.877. The summed E-state index contributed by atoms with van der Waals surface area (Å²) in [5.41, 5.74) is 8.41. The number of para-hydroxylation sites is 1. The van der Waals surface area contributed by atoms with Gasteiger partial charge in [0.05, 0.1) is 17.3 Å².